The van der Waals surface area contributed by atoms with Crippen molar-refractivity contribution >= 4 is 46.1 Å². The minimum atomic E-state index is -0.667. The topological polar surface area (TPSA) is 97.3 Å². The number of amidine groups is 1. The number of hydrogen-bond donors (Lipinski definition) is 1. The summed E-state index contributed by atoms with van der Waals surface area (Å²) in [5.74, 6) is -0.681. The first-order chi connectivity index (χ1) is 18.4. The van der Waals surface area contributed by atoms with Gasteiger partial charge in [-0.25, -0.2) is 14.2 Å². The molecule has 8 nitrogen and oxygen atoms in total. The van der Waals surface area contributed by atoms with Gasteiger partial charge in [-0.3, -0.25) is 14.5 Å². The number of nitrogens with one attached hydrogen (secondary N) is 1. The number of thioether (sulfide) groups is 1. The van der Waals surface area contributed by atoms with Crippen molar-refractivity contribution in [2.24, 2.45) is 4.99 Å². The Morgan fingerprint density at radius 3 is 2.32 bits per heavy atom. The van der Waals surface area contributed by atoms with Gasteiger partial charge in [-0.2, -0.15) is 0 Å². The highest BCUT2D eigenvalue weighted by atomic mass is 32.2. The fraction of sp³-hybridized carbons (Fsp3) is 0.214. The van der Waals surface area contributed by atoms with Crippen LogP contribution in [-0.2, 0) is 20.7 Å². The molecular weight excluding hydrogens is 509 g/mol. The number of rotatable bonds is 9. The van der Waals surface area contributed by atoms with Crippen LogP contribution in [0.15, 0.2) is 77.8 Å². The molecule has 0 radical (unpaired) electrons. The molecule has 0 saturated carbocycles. The Balaban J connectivity index is 1.46. The van der Waals surface area contributed by atoms with Crippen LogP contribution in [0.25, 0.3) is 0 Å². The summed E-state index contributed by atoms with van der Waals surface area (Å²) in [5, 5.41) is 2.55. The Kier molecular flexibility index (Phi) is 8.75. The number of hydrogen-bond acceptors (Lipinski definition) is 7. The lowest BCUT2D eigenvalue weighted by atomic mass is 10.1. The van der Waals surface area contributed by atoms with Gasteiger partial charge in [0, 0.05) is 18.7 Å². The van der Waals surface area contributed by atoms with Crippen LogP contribution in [0.1, 0.15) is 22.3 Å². The van der Waals surface area contributed by atoms with Crippen LogP contribution in [0.2, 0.25) is 0 Å². The molecule has 2 amide bonds. The molecule has 1 unspecified atom stereocenters. The van der Waals surface area contributed by atoms with Crippen LogP contribution < -0.4 is 10.1 Å². The Hall–Kier alpha value is -4.18. The maximum atomic E-state index is 13.4. The molecule has 3 aromatic carbocycles. The van der Waals surface area contributed by atoms with Crippen LogP contribution in [0.5, 0.6) is 5.75 Å². The van der Waals surface area contributed by atoms with E-state index in [9.17, 15) is 18.8 Å². The first-order valence-electron chi connectivity index (χ1n) is 11.8. The number of amides is 2. The van der Waals surface area contributed by atoms with Crippen molar-refractivity contribution < 1.29 is 28.2 Å². The van der Waals surface area contributed by atoms with Gasteiger partial charge in [0.1, 0.15) is 16.8 Å². The second-order valence-corrected chi connectivity index (χ2v) is 9.56. The number of anilines is 1. The van der Waals surface area contributed by atoms with Gasteiger partial charge in [-0.05, 0) is 72.6 Å². The minimum absolute atomic E-state index is 0.0657. The first kappa shape index (κ1) is 26.9. The number of nitrogens with zero attached hydrogens (tertiary/aromatic N) is 2. The number of aliphatic imine (C=N–C) groups is 1. The second-order valence-electron chi connectivity index (χ2n) is 8.39. The molecule has 1 aliphatic heterocycles. The van der Waals surface area contributed by atoms with Crippen LogP contribution in [-0.4, -0.2) is 53.9 Å². The third-order valence-corrected chi connectivity index (χ3v) is 6.99. The van der Waals surface area contributed by atoms with E-state index < -0.39 is 11.2 Å². The third-order valence-electron chi connectivity index (χ3n) is 5.82. The molecule has 0 aliphatic carbocycles. The summed E-state index contributed by atoms with van der Waals surface area (Å²) in [6, 6.07) is 19.5. The molecule has 4 rings (SSSR count). The summed E-state index contributed by atoms with van der Waals surface area (Å²) in [6.45, 7) is 0.366. The molecule has 1 saturated heterocycles. The lowest BCUT2D eigenvalue weighted by Crippen LogP contribution is -2.35. The van der Waals surface area contributed by atoms with Gasteiger partial charge in [-0.15, -0.1) is 0 Å². The van der Waals surface area contributed by atoms with E-state index in [0.29, 0.717) is 35.1 Å². The smallest absolute Gasteiger partial charge is 0.337 e. The van der Waals surface area contributed by atoms with E-state index in [2.05, 4.69) is 15.0 Å². The zero-order valence-electron chi connectivity index (χ0n) is 20.8. The molecule has 1 N–H and O–H groups in total. The summed E-state index contributed by atoms with van der Waals surface area (Å²) < 4.78 is 23.2. The summed E-state index contributed by atoms with van der Waals surface area (Å²) in [6.07, 6.45) is 0.508. The second kappa shape index (κ2) is 12.4. The summed E-state index contributed by atoms with van der Waals surface area (Å²) >= 11 is 1.21. The average Bonchev–Trinajstić information content (AvgIpc) is 3.22. The van der Waals surface area contributed by atoms with Crippen molar-refractivity contribution in [3.05, 3.63) is 89.7 Å². The molecule has 3 aromatic rings. The van der Waals surface area contributed by atoms with E-state index in [4.69, 9.17) is 4.74 Å². The van der Waals surface area contributed by atoms with Gasteiger partial charge in [0.2, 0.25) is 11.8 Å². The Labute approximate surface area is 223 Å². The molecule has 1 aliphatic rings. The lowest BCUT2D eigenvalue weighted by molar-refractivity contribution is -0.128. The third kappa shape index (κ3) is 6.77. The number of halogens is 1. The quantitative estimate of drug-likeness (QED) is 0.395. The highest BCUT2D eigenvalue weighted by Crippen LogP contribution is 2.32. The maximum Gasteiger partial charge on any atom is 0.337 e. The molecule has 10 heteroatoms. The SMILES string of the molecule is COC(=O)c1ccc(NC(=O)CC2SC(=Nc3ccc(F)cc3)N(CCc3ccc(OC)cc3)C2=O)cc1. The van der Waals surface area contributed by atoms with Gasteiger partial charge in [0.05, 0.1) is 25.5 Å². The fourth-order valence-electron chi connectivity index (χ4n) is 3.78. The molecule has 196 valence electrons. The van der Waals surface area contributed by atoms with Crippen molar-refractivity contribution in [1.29, 1.82) is 0 Å². The monoisotopic (exact) mass is 535 g/mol. The first-order valence-corrected chi connectivity index (χ1v) is 12.7. The molecule has 38 heavy (non-hydrogen) atoms. The predicted octanol–water partition coefficient (Wildman–Crippen LogP) is 4.82. The number of carbonyl (C=O) groups is 3. The molecule has 0 aromatic heterocycles. The highest BCUT2D eigenvalue weighted by Gasteiger charge is 2.39. The maximum absolute atomic E-state index is 13.4. The van der Waals surface area contributed by atoms with Gasteiger partial charge in [-0.1, -0.05) is 23.9 Å². The van der Waals surface area contributed by atoms with E-state index >= 15 is 0 Å². The standard InChI is InChI=1S/C28H26FN3O5S/c1-36-23-13-3-18(4-14-23)15-16-32-26(34)24(38-28(32)31-22-11-7-20(29)8-12-22)17-25(33)30-21-9-5-19(6-10-21)27(35)37-2/h3-14,24H,15-17H2,1-2H3,(H,30,33). The summed E-state index contributed by atoms with van der Waals surface area (Å²) in [7, 11) is 2.89. The van der Waals surface area contributed by atoms with Crippen LogP contribution in [0, 0.1) is 5.82 Å². The van der Waals surface area contributed by atoms with Crippen molar-refractivity contribution in [2.75, 3.05) is 26.1 Å². The van der Waals surface area contributed by atoms with Gasteiger partial charge >= 0.3 is 5.97 Å². The number of benzene rings is 3. The fourth-order valence-corrected chi connectivity index (χ4v) is 4.96. The van der Waals surface area contributed by atoms with E-state index in [-0.39, 0.29) is 24.1 Å². The van der Waals surface area contributed by atoms with Crippen LogP contribution >= 0.6 is 11.8 Å². The number of esters is 1. The molecule has 1 atom stereocenters. The summed E-state index contributed by atoms with van der Waals surface area (Å²) in [5.41, 5.74) is 2.38. The highest BCUT2D eigenvalue weighted by molar-refractivity contribution is 8.15. The number of methoxy groups -OCH3 is 2. The van der Waals surface area contributed by atoms with E-state index in [1.807, 2.05) is 24.3 Å². The average molecular weight is 536 g/mol. The van der Waals surface area contributed by atoms with Crippen molar-refractivity contribution in [3.63, 3.8) is 0 Å². The molecular formula is C28H26FN3O5S. The zero-order valence-corrected chi connectivity index (χ0v) is 21.7. The summed E-state index contributed by atoms with van der Waals surface area (Å²) in [4.78, 5) is 43.8. The largest absolute Gasteiger partial charge is 0.497 e. The molecule has 0 spiro atoms. The predicted molar refractivity (Wildman–Crippen MR) is 144 cm³/mol. The Morgan fingerprint density at radius 2 is 1.68 bits per heavy atom. The molecule has 1 heterocycles. The minimum Gasteiger partial charge on any atom is -0.497 e. The van der Waals surface area contributed by atoms with Gasteiger partial charge < -0.3 is 14.8 Å². The Bertz CT molecular complexity index is 1330. The number of ether oxygens (including phenoxy) is 2. The Morgan fingerprint density at radius 1 is 1.00 bits per heavy atom. The van der Waals surface area contributed by atoms with Crippen LogP contribution in [0.4, 0.5) is 15.8 Å². The zero-order chi connectivity index (χ0) is 27.1. The molecule has 0 bridgehead atoms. The number of carbonyl (C=O) groups excluding carboxylic acids is 3. The van der Waals surface area contributed by atoms with E-state index in [0.717, 1.165) is 11.3 Å². The van der Waals surface area contributed by atoms with E-state index in [1.54, 1.807) is 36.3 Å². The van der Waals surface area contributed by atoms with Crippen LogP contribution in [0.3, 0.4) is 0 Å². The van der Waals surface area contributed by atoms with Crippen molar-refractivity contribution in [3.8, 4) is 5.75 Å². The van der Waals surface area contributed by atoms with Crippen molar-refractivity contribution in [2.45, 2.75) is 18.1 Å². The lowest BCUT2D eigenvalue weighted by Gasteiger charge is -2.16. The molecule has 1 fully saturated rings. The van der Waals surface area contributed by atoms with Crippen molar-refractivity contribution in [1.82, 2.24) is 4.90 Å². The normalized spacial score (nSPS) is 16.0. The van der Waals surface area contributed by atoms with Gasteiger partial charge in [0.25, 0.3) is 0 Å². The van der Waals surface area contributed by atoms with E-state index in [1.165, 1.54) is 43.1 Å². The van der Waals surface area contributed by atoms with Gasteiger partial charge in [0.15, 0.2) is 5.17 Å².